The van der Waals surface area contributed by atoms with Crippen LogP contribution in [-0.2, 0) is 0 Å². The van der Waals surface area contributed by atoms with Crippen molar-refractivity contribution in [1.29, 1.82) is 0 Å². The van der Waals surface area contributed by atoms with E-state index in [9.17, 15) is 9.59 Å². The number of alkyl halides is 1. The highest BCUT2D eigenvalue weighted by Gasteiger charge is 2.22. The average molecular weight is 307 g/mol. The quantitative estimate of drug-likeness (QED) is 0.507. The second kappa shape index (κ2) is 6.06. The van der Waals surface area contributed by atoms with Gasteiger partial charge < -0.3 is 9.97 Å². The van der Waals surface area contributed by atoms with Crippen molar-refractivity contribution in [1.82, 2.24) is 9.97 Å². The van der Waals surface area contributed by atoms with Crippen LogP contribution in [0.5, 0.6) is 0 Å². The second-order valence-corrected chi connectivity index (χ2v) is 6.34. The molecule has 1 unspecified atom stereocenters. The first-order valence-corrected chi connectivity index (χ1v) is 7.99. The molecule has 1 heterocycles. The first-order chi connectivity index (χ1) is 10.1. The zero-order valence-corrected chi connectivity index (χ0v) is 12.6. The van der Waals surface area contributed by atoms with Gasteiger partial charge in [-0.15, -0.1) is 11.6 Å². The lowest BCUT2D eigenvalue weighted by molar-refractivity contribution is 0.445. The summed E-state index contributed by atoms with van der Waals surface area (Å²) >= 11 is 6.67. The van der Waals surface area contributed by atoms with Gasteiger partial charge in [-0.25, -0.2) is 0 Å². The third-order valence-electron chi connectivity index (χ3n) is 4.38. The molecule has 0 spiro atoms. The van der Waals surface area contributed by atoms with Gasteiger partial charge >= 0.3 is 11.1 Å². The predicted octanol–water partition coefficient (Wildman–Crippen LogP) is 3.47. The van der Waals surface area contributed by atoms with E-state index in [2.05, 4.69) is 9.97 Å². The minimum Gasteiger partial charge on any atom is -0.316 e. The van der Waals surface area contributed by atoms with Crippen LogP contribution in [0, 0.1) is 5.92 Å². The summed E-state index contributed by atoms with van der Waals surface area (Å²) in [7, 11) is 0. The number of aromatic amines is 2. The summed E-state index contributed by atoms with van der Waals surface area (Å²) in [5.41, 5.74) is 1.03. The number of rotatable bonds is 2. The molecule has 1 aliphatic rings. The molecular weight excluding hydrogens is 288 g/mol. The van der Waals surface area contributed by atoms with Crippen LogP contribution in [0.1, 0.15) is 49.5 Å². The first-order valence-electron chi connectivity index (χ1n) is 7.55. The largest absolute Gasteiger partial charge is 0.316 e. The number of benzene rings is 1. The highest BCUT2D eigenvalue weighted by molar-refractivity contribution is 6.21. The standard InChI is InChI=1S/C16H19ClN2O2/c17-14(10-5-3-1-2-4-6-10)11-7-8-12-13(9-11)19-16(21)15(20)18-12/h7-10,14H,1-6H2,(H,18,20)(H,19,21). The molecule has 2 aromatic rings. The number of nitrogens with one attached hydrogen (secondary N) is 2. The Balaban J connectivity index is 1.94. The molecule has 0 amide bonds. The van der Waals surface area contributed by atoms with Gasteiger partial charge in [0, 0.05) is 0 Å². The Hall–Kier alpha value is -1.55. The first kappa shape index (κ1) is 14.4. The van der Waals surface area contributed by atoms with E-state index in [-0.39, 0.29) is 5.38 Å². The summed E-state index contributed by atoms with van der Waals surface area (Å²) in [4.78, 5) is 27.9. The molecule has 2 N–H and O–H groups in total. The lowest BCUT2D eigenvalue weighted by Crippen LogP contribution is -2.28. The van der Waals surface area contributed by atoms with E-state index in [1.165, 1.54) is 25.7 Å². The highest BCUT2D eigenvalue weighted by Crippen LogP contribution is 2.38. The molecule has 1 atom stereocenters. The van der Waals surface area contributed by atoms with Crippen LogP contribution < -0.4 is 11.1 Å². The van der Waals surface area contributed by atoms with Gasteiger partial charge in [-0.05, 0) is 36.5 Å². The van der Waals surface area contributed by atoms with Crippen molar-refractivity contribution in [2.24, 2.45) is 5.92 Å². The minimum absolute atomic E-state index is 0.0390. The fourth-order valence-corrected chi connectivity index (χ4v) is 3.57. The Labute approximate surface area is 127 Å². The molecule has 1 saturated carbocycles. The average Bonchev–Trinajstić information content (AvgIpc) is 2.76. The number of hydrogen-bond donors (Lipinski definition) is 2. The van der Waals surface area contributed by atoms with E-state index in [1.807, 2.05) is 18.2 Å². The highest BCUT2D eigenvalue weighted by atomic mass is 35.5. The van der Waals surface area contributed by atoms with Crippen molar-refractivity contribution >= 4 is 22.6 Å². The van der Waals surface area contributed by atoms with E-state index in [0.29, 0.717) is 17.0 Å². The number of hydrogen-bond acceptors (Lipinski definition) is 2. The Kier molecular flexibility index (Phi) is 4.15. The van der Waals surface area contributed by atoms with Crippen LogP contribution in [-0.4, -0.2) is 9.97 Å². The van der Waals surface area contributed by atoms with Crippen LogP contribution in [0.15, 0.2) is 27.8 Å². The molecular formula is C16H19ClN2O2. The molecule has 1 aromatic heterocycles. The molecule has 5 heteroatoms. The number of aromatic nitrogens is 2. The van der Waals surface area contributed by atoms with Crippen molar-refractivity contribution in [3.63, 3.8) is 0 Å². The van der Waals surface area contributed by atoms with Crippen molar-refractivity contribution in [3.05, 3.63) is 44.5 Å². The maximum Gasteiger partial charge on any atom is 0.314 e. The Morgan fingerprint density at radius 1 is 0.952 bits per heavy atom. The fourth-order valence-electron chi connectivity index (χ4n) is 3.18. The third kappa shape index (κ3) is 3.05. The van der Waals surface area contributed by atoms with Gasteiger partial charge in [-0.3, -0.25) is 9.59 Å². The molecule has 1 fully saturated rings. The molecule has 1 aromatic carbocycles. The third-order valence-corrected chi connectivity index (χ3v) is 4.99. The van der Waals surface area contributed by atoms with E-state index >= 15 is 0 Å². The van der Waals surface area contributed by atoms with Gasteiger partial charge in [-0.1, -0.05) is 31.7 Å². The lowest BCUT2D eigenvalue weighted by Gasteiger charge is -2.21. The SMILES string of the molecule is O=c1[nH]c2ccc(C(Cl)C3CCCCCC3)cc2[nH]c1=O. The monoisotopic (exact) mass is 306 g/mol. The zero-order valence-electron chi connectivity index (χ0n) is 11.8. The second-order valence-electron chi connectivity index (χ2n) is 5.87. The van der Waals surface area contributed by atoms with Crippen LogP contribution in [0.4, 0.5) is 0 Å². The van der Waals surface area contributed by atoms with Gasteiger partial charge in [0.25, 0.3) is 0 Å². The molecule has 0 aliphatic heterocycles. The summed E-state index contributed by atoms with van der Waals surface area (Å²) in [6.07, 6.45) is 7.40. The van der Waals surface area contributed by atoms with Crippen LogP contribution in [0.25, 0.3) is 11.0 Å². The van der Waals surface area contributed by atoms with Gasteiger partial charge in [0.15, 0.2) is 0 Å². The van der Waals surface area contributed by atoms with Crippen LogP contribution >= 0.6 is 11.6 Å². The van der Waals surface area contributed by atoms with Crippen molar-refractivity contribution in [2.45, 2.75) is 43.9 Å². The maximum absolute atomic E-state index is 11.4. The van der Waals surface area contributed by atoms with Crippen LogP contribution in [0.2, 0.25) is 0 Å². The van der Waals surface area contributed by atoms with E-state index in [1.54, 1.807) is 0 Å². The van der Waals surface area contributed by atoms with Crippen molar-refractivity contribution in [3.8, 4) is 0 Å². The normalized spacial score (nSPS) is 18.5. The molecule has 0 saturated heterocycles. The number of halogens is 1. The summed E-state index contributed by atoms with van der Waals surface area (Å²) in [6, 6.07) is 5.64. The van der Waals surface area contributed by atoms with Gasteiger partial charge in [0.05, 0.1) is 16.4 Å². The Morgan fingerprint density at radius 3 is 2.24 bits per heavy atom. The summed E-state index contributed by atoms with van der Waals surface area (Å²) in [5, 5.41) is -0.0390. The molecule has 0 bridgehead atoms. The smallest absolute Gasteiger partial charge is 0.314 e. The minimum atomic E-state index is -0.625. The number of fused-ring (bicyclic) bond motifs is 1. The molecule has 0 radical (unpaired) electrons. The lowest BCUT2D eigenvalue weighted by atomic mass is 9.92. The summed E-state index contributed by atoms with van der Waals surface area (Å²) < 4.78 is 0. The molecule has 21 heavy (non-hydrogen) atoms. The van der Waals surface area contributed by atoms with E-state index in [4.69, 9.17) is 11.6 Å². The van der Waals surface area contributed by atoms with Crippen molar-refractivity contribution < 1.29 is 0 Å². The zero-order chi connectivity index (χ0) is 14.8. The summed E-state index contributed by atoms with van der Waals surface area (Å²) in [6.45, 7) is 0. The Bertz CT molecular complexity index is 742. The molecule has 3 rings (SSSR count). The molecule has 1 aliphatic carbocycles. The topological polar surface area (TPSA) is 65.7 Å². The van der Waals surface area contributed by atoms with Crippen LogP contribution in [0.3, 0.4) is 0 Å². The summed E-state index contributed by atoms with van der Waals surface area (Å²) in [5.74, 6) is 0.487. The van der Waals surface area contributed by atoms with Gasteiger partial charge in [-0.2, -0.15) is 0 Å². The van der Waals surface area contributed by atoms with Gasteiger partial charge in [0.1, 0.15) is 0 Å². The molecule has 112 valence electrons. The van der Waals surface area contributed by atoms with Crippen molar-refractivity contribution in [2.75, 3.05) is 0 Å². The van der Waals surface area contributed by atoms with E-state index < -0.39 is 11.1 Å². The maximum atomic E-state index is 11.4. The number of H-pyrrole nitrogens is 2. The van der Waals surface area contributed by atoms with E-state index in [0.717, 1.165) is 18.4 Å². The fraction of sp³-hybridized carbons (Fsp3) is 0.500. The Morgan fingerprint density at radius 2 is 1.57 bits per heavy atom. The predicted molar refractivity (Wildman–Crippen MR) is 85.0 cm³/mol. The van der Waals surface area contributed by atoms with Gasteiger partial charge in [0.2, 0.25) is 0 Å². The molecule has 4 nitrogen and oxygen atoms in total.